The van der Waals surface area contributed by atoms with Crippen molar-refractivity contribution < 1.29 is 23.7 Å². The topological polar surface area (TPSA) is 83.3 Å². The molecule has 8 heteroatoms. The molecule has 0 spiro atoms. The van der Waals surface area contributed by atoms with Crippen molar-refractivity contribution in [1.82, 2.24) is 9.38 Å². The molecule has 4 aromatic rings. The molecule has 0 atom stereocenters. The highest BCUT2D eigenvalue weighted by Crippen LogP contribution is 2.34. The molecule has 0 saturated carbocycles. The van der Waals surface area contributed by atoms with Gasteiger partial charge in [-0.25, -0.2) is 4.98 Å². The van der Waals surface area contributed by atoms with Crippen molar-refractivity contribution in [2.75, 3.05) is 32.8 Å². The minimum atomic E-state index is -0.270. The number of nitrogens with zero attached hydrogens (tertiary/aromatic N) is 2. The number of rotatable bonds is 5. The smallest absolute Gasteiger partial charge is 0.255 e. The summed E-state index contributed by atoms with van der Waals surface area (Å²) in [7, 11) is 3.09. The van der Waals surface area contributed by atoms with Crippen LogP contribution in [-0.4, -0.2) is 42.7 Å². The summed E-state index contributed by atoms with van der Waals surface area (Å²) in [5, 5.41) is 2.91. The van der Waals surface area contributed by atoms with Crippen molar-refractivity contribution in [2.24, 2.45) is 0 Å². The van der Waals surface area contributed by atoms with Crippen molar-refractivity contribution in [3.05, 3.63) is 66.5 Å². The van der Waals surface area contributed by atoms with E-state index in [4.69, 9.17) is 18.9 Å². The molecule has 0 saturated heterocycles. The zero-order valence-electron chi connectivity index (χ0n) is 17.6. The third-order valence-corrected chi connectivity index (χ3v) is 5.16. The van der Waals surface area contributed by atoms with Crippen LogP contribution in [0, 0.1) is 0 Å². The number of methoxy groups -OCH3 is 2. The lowest BCUT2D eigenvalue weighted by Crippen LogP contribution is -2.15. The average molecular weight is 431 g/mol. The number of carbonyl (C=O) groups excluding carboxylic acids is 1. The molecule has 1 N–H and O–H groups in total. The number of pyridine rings is 1. The van der Waals surface area contributed by atoms with Crippen LogP contribution in [0.4, 0.5) is 5.69 Å². The van der Waals surface area contributed by atoms with E-state index >= 15 is 0 Å². The van der Waals surface area contributed by atoms with E-state index in [-0.39, 0.29) is 5.91 Å². The Morgan fingerprint density at radius 1 is 0.938 bits per heavy atom. The molecule has 1 aliphatic rings. The van der Waals surface area contributed by atoms with Gasteiger partial charge in [0.25, 0.3) is 5.91 Å². The van der Waals surface area contributed by atoms with Crippen LogP contribution < -0.4 is 24.3 Å². The monoisotopic (exact) mass is 431 g/mol. The Balaban J connectivity index is 1.40. The number of hydrogen-bond donors (Lipinski definition) is 1. The van der Waals surface area contributed by atoms with E-state index in [2.05, 4.69) is 10.3 Å². The van der Waals surface area contributed by atoms with Gasteiger partial charge in [0.05, 0.1) is 25.6 Å². The van der Waals surface area contributed by atoms with Gasteiger partial charge in [0, 0.05) is 29.6 Å². The summed E-state index contributed by atoms with van der Waals surface area (Å²) in [5.74, 6) is 2.27. The molecular formula is C24H21N3O5. The Kier molecular flexibility index (Phi) is 5.03. The van der Waals surface area contributed by atoms with Crippen LogP contribution >= 0.6 is 0 Å². The van der Waals surface area contributed by atoms with Crippen LogP contribution in [0.3, 0.4) is 0 Å². The van der Waals surface area contributed by atoms with E-state index in [1.807, 2.05) is 47.1 Å². The fraction of sp³-hybridized carbons (Fsp3) is 0.167. The van der Waals surface area contributed by atoms with Gasteiger partial charge in [0.1, 0.15) is 30.4 Å². The van der Waals surface area contributed by atoms with Crippen LogP contribution in [0.1, 0.15) is 10.4 Å². The largest absolute Gasteiger partial charge is 0.497 e. The Morgan fingerprint density at radius 2 is 1.69 bits per heavy atom. The Morgan fingerprint density at radius 3 is 2.44 bits per heavy atom. The number of anilines is 1. The molecule has 0 fully saturated rings. The van der Waals surface area contributed by atoms with E-state index in [0.29, 0.717) is 41.7 Å². The van der Waals surface area contributed by atoms with Gasteiger partial charge in [-0.3, -0.25) is 4.79 Å². The summed E-state index contributed by atoms with van der Waals surface area (Å²) in [4.78, 5) is 17.5. The molecule has 1 aliphatic heterocycles. The lowest BCUT2D eigenvalue weighted by Gasteiger charge is -2.18. The predicted octanol–water partition coefficient (Wildman–Crippen LogP) is 4.04. The highest BCUT2D eigenvalue weighted by Gasteiger charge is 2.15. The van der Waals surface area contributed by atoms with Crippen LogP contribution in [0.15, 0.2) is 60.9 Å². The van der Waals surface area contributed by atoms with Crippen LogP contribution in [-0.2, 0) is 0 Å². The van der Waals surface area contributed by atoms with Crippen molar-refractivity contribution >= 4 is 17.2 Å². The Bertz CT molecular complexity index is 1290. The SMILES string of the molecule is COc1cc(OC)cc(C(=O)Nc2ccc3nc(-c4ccc5c(c4)OCCO5)cn3c2)c1. The molecule has 0 unspecified atom stereocenters. The third-order valence-electron chi connectivity index (χ3n) is 5.16. The van der Waals surface area contributed by atoms with Crippen molar-refractivity contribution in [3.63, 3.8) is 0 Å². The molecule has 0 bridgehead atoms. The van der Waals surface area contributed by atoms with Gasteiger partial charge < -0.3 is 28.7 Å². The van der Waals surface area contributed by atoms with Crippen LogP contribution in [0.2, 0.25) is 0 Å². The first kappa shape index (κ1) is 19.7. The van der Waals surface area contributed by atoms with Gasteiger partial charge in [-0.15, -0.1) is 0 Å². The minimum Gasteiger partial charge on any atom is -0.497 e. The van der Waals surface area contributed by atoms with Crippen LogP contribution in [0.5, 0.6) is 23.0 Å². The van der Waals surface area contributed by atoms with Gasteiger partial charge in [-0.2, -0.15) is 0 Å². The molecule has 32 heavy (non-hydrogen) atoms. The van der Waals surface area contributed by atoms with E-state index < -0.39 is 0 Å². The molecule has 1 amide bonds. The maximum absolute atomic E-state index is 12.8. The molecule has 2 aromatic carbocycles. The fourth-order valence-corrected chi connectivity index (χ4v) is 3.55. The number of amides is 1. The third kappa shape index (κ3) is 3.78. The maximum atomic E-state index is 12.8. The summed E-state index contributed by atoms with van der Waals surface area (Å²) < 4.78 is 23.6. The molecule has 0 aliphatic carbocycles. The lowest BCUT2D eigenvalue weighted by molar-refractivity contribution is 0.102. The zero-order chi connectivity index (χ0) is 22.1. The zero-order valence-corrected chi connectivity index (χ0v) is 17.6. The highest BCUT2D eigenvalue weighted by atomic mass is 16.6. The number of carbonyl (C=O) groups is 1. The van der Waals surface area contributed by atoms with E-state index in [1.54, 1.807) is 32.4 Å². The highest BCUT2D eigenvalue weighted by molar-refractivity contribution is 6.04. The second kappa shape index (κ2) is 8.14. The minimum absolute atomic E-state index is 0.270. The summed E-state index contributed by atoms with van der Waals surface area (Å²) in [5.41, 5.74) is 3.55. The first-order valence-electron chi connectivity index (χ1n) is 10.1. The summed E-state index contributed by atoms with van der Waals surface area (Å²) in [6.45, 7) is 1.08. The van der Waals surface area contributed by atoms with Gasteiger partial charge in [0.2, 0.25) is 0 Å². The number of benzene rings is 2. The second-order valence-corrected chi connectivity index (χ2v) is 7.22. The number of aromatic nitrogens is 2. The van der Waals surface area contributed by atoms with Gasteiger partial charge in [0.15, 0.2) is 11.5 Å². The molecule has 0 radical (unpaired) electrons. The van der Waals surface area contributed by atoms with Gasteiger partial charge in [-0.1, -0.05) is 0 Å². The molecule has 3 heterocycles. The number of ether oxygens (including phenoxy) is 4. The van der Waals surface area contributed by atoms with E-state index in [0.717, 1.165) is 22.7 Å². The predicted molar refractivity (Wildman–Crippen MR) is 119 cm³/mol. The van der Waals surface area contributed by atoms with Crippen LogP contribution in [0.25, 0.3) is 16.9 Å². The van der Waals surface area contributed by atoms with E-state index in [9.17, 15) is 4.79 Å². The number of nitrogens with one attached hydrogen (secondary N) is 1. The van der Waals surface area contributed by atoms with Gasteiger partial charge in [-0.05, 0) is 42.5 Å². The van der Waals surface area contributed by atoms with Crippen molar-refractivity contribution in [1.29, 1.82) is 0 Å². The fourth-order valence-electron chi connectivity index (χ4n) is 3.55. The normalized spacial score (nSPS) is 12.4. The van der Waals surface area contributed by atoms with E-state index in [1.165, 1.54) is 0 Å². The lowest BCUT2D eigenvalue weighted by atomic mass is 10.1. The van der Waals surface area contributed by atoms with Gasteiger partial charge >= 0.3 is 0 Å². The molecule has 8 nitrogen and oxygen atoms in total. The number of fused-ring (bicyclic) bond motifs is 2. The summed E-state index contributed by atoms with van der Waals surface area (Å²) >= 11 is 0. The average Bonchev–Trinajstić information content (AvgIpc) is 3.26. The maximum Gasteiger partial charge on any atom is 0.255 e. The van der Waals surface area contributed by atoms with Crippen molar-refractivity contribution in [2.45, 2.75) is 0 Å². The Hall–Kier alpha value is -4.20. The summed E-state index contributed by atoms with van der Waals surface area (Å²) in [6, 6.07) is 14.5. The standard InChI is InChI=1S/C24H21N3O5/c1-29-18-9-16(10-19(12-18)30-2)24(28)25-17-4-6-23-26-20(14-27(23)13-17)15-3-5-21-22(11-15)32-8-7-31-21/h3-6,9-14H,7-8H2,1-2H3,(H,25,28). The first-order valence-corrected chi connectivity index (χ1v) is 10.1. The quantitative estimate of drug-likeness (QED) is 0.514. The first-order chi connectivity index (χ1) is 15.6. The Labute approximate surface area is 184 Å². The molecule has 162 valence electrons. The molecule has 2 aromatic heterocycles. The molecular weight excluding hydrogens is 410 g/mol. The van der Waals surface area contributed by atoms with Crippen molar-refractivity contribution in [3.8, 4) is 34.3 Å². The summed E-state index contributed by atoms with van der Waals surface area (Å²) in [6.07, 6.45) is 3.73. The number of hydrogen-bond acceptors (Lipinski definition) is 6. The number of imidazole rings is 1. The second-order valence-electron chi connectivity index (χ2n) is 7.22. The molecule has 5 rings (SSSR count).